The average molecular weight is 364 g/mol. The Morgan fingerprint density at radius 2 is 1.15 bits per heavy atom. The Balaban J connectivity index is 1.75. The molecule has 0 saturated heterocycles. The average Bonchev–Trinajstić information content (AvgIpc) is 2.66. The normalized spacial score (nSPS) is 13.1. The van der Waals surface area contributed by atoms with Gasteiger partial charge in [-0.2, -0.15) is 8.42 Å². The molecule has 26 heavy (non-hydrogen) atoms. The zero-order chi connectivity index (χ0) is 18.3. The van der Waals surface area contributed by atoms with E-state index in [0.717, 1.165) is 0 Å². The Bertz CT molecular complexity index is 1150. The Morgan fingerprint density at radius 1 is 0.615 bits per heavy atom. The number of benzene rings is 3. The van der Waals surface area contributed by atoms with Gasteiger partial charge in [-0.05, 0) is 30.3 Å². The van der Waals surface area contributed by atoms with Gasteiger partial charge in [-0.15, -0.1) is 0 Å². The summed E-state index contributed by atoms with van der Waals surface area (Å²) < 4.78 is 29.8. The van der Waals surface area contributed by atoms with Crippen molar-refractivity contribution >= 4 is 21.7 Å². The van der Waals surface area contributed by atoms with Crippen LogP contribution in [0.5, 0.6) is 5.75 Å². The number of carbonyl (C=O) groups is 2. The number of carbonyl (C=O) groups excluding carboxylic acids is 2. The number of hydrogen-bond acceptors (Lipinski definition) is 5. The molecule has 0 amide bonds. The third kappa shape index (κ3) is 2.60. The molecule has 0 aromatic heterocycles. The van der Waals surface area contributed by atoms with Crippen LogP contribution in [-0.4, -0.2) is 20.0 Å². The molecule has 3 aromatic carbocycles. The van der Waals surface area contributed by atoms with E-state index in [1.165, 1.54) is 30.3 Å². The molecule has 0 unspecified atom stereocenters. The summed E-state index contributed by atoms with van der Waals surface area (Å²) in [5.74, 6) is -0.626. The van der Waals surface area contributed by atoms with Gasteiger partial charge in [-0.3, -0.25) is 9.59 Å². The predicted molar refractivity (Wildman–Crippen MR) is 94.0 cm³/mol. The molecule has 3 aromatic rings. The van der Waals surface area contributed by atoms with Gasteiger partial charge in [-0.1, -0.05) is 42.5 Å². The minimum atomic E-state index is -4.03. The first-order valence-corrected chi connectivity index (χ1v) is 9.20. The fourth-order valence-electron chi connectivity index (χ4n) is 2.89. The summed E-state index contributed by atoms with van der Waals surface area (Å²) in [7, 11) is -4.03. The highest BCUT2D eigenvalue weighted by atomic mass is 32.2. The van der Waals surface area contributed by atoms with Crippen molar-refractivity contribution in [2.75, 3.05) is 0 Å². The van der Waals surface area contributed by atoms with E-state index < -0.39 is 10.1 Å². The van der Waals surface area contributed by atoms with Gasteiger partial charge in [0.1, 0.15) is 10.6 Å². The second kappa shape index (κ2) is 5.93. The second-order valence-electron chi connectivity index (χ2n) is 5.76. The first-order chi connectivity index (χ1) is 12.5. The monoisotopic (exact) mass is 364 g/mol. The zero-order valence-electron chi connectivity index (χ0n) is 13.4. The third-order valence-corrected chi connectivity index (χ3v) is 5.40. The molecule has 0 saturated carbocycles. The van der Waals surface area contributed by atoms with Crippen LogP contribution in [0.1, 0.15) is 31.8 Å². The van der Waals surface area contributed by atoms with Gasteiger partial charge in [0.25, 0.3) is 0 Å². The molecular formula is C20H12O5S. The summed E-state index contributed by atoms with van der Waals surface area (Å²) in [5, 5.41) is 0. The van der Waals surface area contributed by atoms with Crippen molar-refractivity contribution in [3.63, 3.8) is 0 Å². The first kappa shape index (κ1) is 16.2. The highest BCUT2D eigenvalue weighted by Gasteiger charge is 2.30. The molecule has 0 radical (unpaired) electrons. The van der Waals surface area contributed by atoms with Crippen LogP contribution in [0.25, 0.3) is 0 Å². The molecule has 1 aliphatic carbocycles. The number of hydrogen-bond donors (Lipinski definition) is 0. The lowest BCUT2D eigenvalue weighted by Gasteiger charge is -2.18. The molecule has 6 heteroatoms. The molecular weight excluding hydrogens is 352 g/mol. The van der Waals surface area contributed by atoms with Crippen molar-refractivity contribution in [1.29, 1.82) is 0 Å². The van der Waals surface area contributed by atoms with E-state index in [4.69, 9.17) is 4.18 Å². The summed E-state index contributed by atoms with van der Waals surface area (Å²) in [6.45, 7) is 0. The highest BCUT2D eigenvalue weighted by Crippen LogP contribution is 2.30. The van der Waals surface area contributed by atoms with Crippen molar-refractivity contribution in [2.24, 2.45) is 0 Å². The minimum Gasteiger partial charge on any atom is -0.379 e. The second-order valence-corrected chi connectivity index (χ2v) is 7.31. The standard InChI is InChI=1S/C20H12O5S/c21-19-15-8-4-5-9-16(15)20(22)18-12-13(10-11-17(18)19)25-26(23,24)14-6-2-1-3-7-14/h1-12H. The smallest absolute Gasteiger partial charge is 0.339 e. The Kier molecular flexibility index (Phi) is 3.70. The maximum absolute atomic E-state index is 12.7. The van der Waals surface area contributed by atoms with E-state index in [1.807, 2.05) is 0 Å². The predicted octanol–water partition coefficient (Wildman–Crippen LogP) is 3.23. The molecule has 0 bridgehead atoms. The molecule has 5 nitrogen and oxygen atoms in total. The summed E-state index contributed by atoms with van der Waals surface area (Å²) >= 11 is 0. The van der Waals surface area contributed by atoms with Crippen molar-refractivity contribution in [3.05, 3.63) is 95.1 Å². The Labute approximate surface area is 150 Å². The van der Waals surface area contributed by atoms with Crippen LogP contribution >= 0.6 is 0 Å². The van der Waals surface area contributed by atoms with Gasteiger partial charge in [0.15, 0.2) is 11.6 Å². The Morgan fingerprint density at radius 3 is 1.81 bits per heavy atom. The van der Waals surface area contributed by atoms with Gasteiger partial charge >= 0.3 is 10.1 Å². The number of ketones is 2. The molecule has 1 aliphatic rings. The molecule has 0 spiro atoms. The molecule has 0 heterocycles. The summed E-state index contributed by atoms with van der Waals surface area (Å²) in [5.41, 5.74) is 1.01. The maximum Gasteiger partial charge on any atom is 0.339 e. The number of fused-ring (bicyclic) bond motifs is 2. The lowest BCUT2D eigenvalue weighted by molar-refractivity contribution is 0.0979. The van der Waals surface area contributed by atoms with E-state index in [9.17, 15) is 18.0 Å². The van der Waals surface area contributed by atoms with Crippen molar-refractivity contribution in [3.8, 4) is 5.75 Å². The quantitative estimate of drug-likeness (QED) is 0.522. The van der Waals surface area contributed by atoms with Gasteiger partial charge in [0, 0.05) is 22.3 Å². The summed E-state index contributed by atoms with van der Waals surface area (Å²) in [6, 6.07) is 18.3. The van der Waals surface area contributed by atoms with Gasteiger partial charge in [0.05, 0.1) is 0 Å². The summed E-state index contributed by atoms with van der Waals surface area (Å²) in [6.07, 6.45) is 0. The van der Waals surface area contributed by atoms with Gasteiger partial charge < -0.3 is 4.18 Å². The van der Waals surface area contributed by atoms with Gasteiger partial charge in [0.2, 0.25) is 0 Å². The summed E-state index contributed by atoms with van der Waals surface area (Å²) in [4.78, 5) is 25.2. The van der Waals surface area contributed by atoms with Crippen LogP contribution in [0.4, 0.5) is 0 Å². The van der Waals surface area contributed by atoms with Crippen LogP contribution in [0.15, 0.2) is 77.7 Å². The van der Waals surface area contributed by atoms with Gasteiger partial charge in [-0.25, -0.2) is 0 Å². The van der Waals surface area contributed by atoms with Crippen molar-refractivity contribution in [2.45, 2.75) is 4.90 Å². The number of rotatable bonds is 3. The fourth-order valence-corrected chi connectivity index (χ4v) is 3.84. The van der Waals surface area contributed by atoms with Crippen LogP contribution in [0, 0.1) is 0 Å². The van der Waals surface area contributed by atoms with E-state index >= 15 is 0 Å². The van der Waals surface area contributed by atoms with E-state index in [0.29, 0.717) is 11.1 Å². The molecule has 4 rings (SSSR count). The lowest BCUT2D eigenvalue weighted by Crippen LogP contribution is -2.21. The largest absolute Gasteiger partial charge is 0.379 e. The molecule has 0 atom stereocenters. The Hall–Kier alpha value is -3.25. The molecule has 128 valence electrons. The fraction of sp³-hybridized carbons (Fsp3) is 0. The van der Waals surface area contributed by atoms with Crippen LogP contribution in [0.3, 0.4) is 0 Å². The van der Waals surface area contributed by atoms with Crippen LogP contribution in [-0.2, 0) is 10.1 Å². The molecule has 0 fully saturated rings. The lowest BCUT2D eigenvalue weighted by atomic mass is 9.84. The topological polar surface area (TPSA) is 77.5 Å². The van der Waals surface area contributed by atoms with E-state index in [2.05, 4.69) is 0 Å². The minimum absolute atomic E-state index is 0.00506. The maximum atomic E-state index is 12.7. The van der Waals surface area contributed by atoms with Crippen molar-refractivity contribution < 1.29 is 22.2 Å². The first-order valence-electron chi connectivity index (χ1n) is 7.79. The van der Waals surface area contributed by atoms with Crippen LogP contribution < -0.4 is 4.18 Å². The SMILES string of the molecule is O=C1c2ccccc2C(=O)c2cc(OS(=O)(=O)c3ccccc3)ccc21. The van der Waals surface area contributed by atoms with E-state index in [-0.39, 0.29) is 33.3 Å². The van der Waals surface area contributed by atoms with Crippen LogP contribution in [0.2, 0.25) is 0 Å². The van der Waals surface area contributed by atoms with Crippen molar-refractivity contribution in [1.82, 2.24) is 0 Å². The third-order valence-electron chi connectivity index (χ3n) is 4.13. The highest BCUT2D eigenvalue weighted by molar-refractivity contribution is 7.87. The molecule has 0 aliphatic heterocycles. The van der Waals surface area contributed by atoms with E-state index in [1.54, 1.807) is 42.5 Å². The zero-order valence-corrected chi connectivity index (χ0v) is 14.2. The molecule has 0 N–H and O–H groups in total.